The van der Waals surface area contributed by atoms with Gasteiger partial charge < -0.3 is 10.0 Å². The fourth-order valence-corrected chi connectivity index (χ4v) is 3.13. The highest BCUT2D eigenvalue weighted by molar-refractivity contribution is 6.18. The van der Waals surface area contributed by atoms with E-state index in [0.29, 0.717) is 5.56 Å². The summed E-state index contributed by atoms with van der Waals surface area (Å²) >= 11 is 0. The zero-order chi connectivity index (χ0) is 14.4. The normalized spacial score (nSPS) is 20.7. The van der Waals surface area contributed by atoms with Gasteiger partial charge in [0.2, 0.25) is 0 Å². The third-order valence-electron chi connectivity index (χ3n) is 3.94. The first-order valence-corrected chi connectivity index (χ1v) is 6.50. The van der Waals surface area contributed by atoms with Crippen LogP contribution in [-0.4, -0.2) is 34.8 Å². The summed E-state index contributed by atoms with van der Waals surface area (Å²) in [6.45, 7) is 1.89. The Morgan fingerprint density at radius 3 is 2.60 bits per heavy atom. The molecule has 1 heterocycles. The zero-order valence-corrected chi connectivity index (χ0v) is 11.4. The topological polar surface area (TPSA) is 57.6 Å². The molecule has 4 nitrogen and oxygen atoms in total. The lowest BCUT2D eigenvalue weighted by molar-refractivity contribution is -0.136. The van der Waals surface area contributed by atoms with Crippen molar-refractivity contribution in [1.82, 2.24) is 4.90 Å². The average Bonchev–Trinajstić information content (AvgIpc) is 2.69. The van der Waals surface area contributed by atoms with Crippen molar-refractivity contribution < 1.29 is 14.7 Å². The van der Waals surface area contributed by atoms with E-state index in [0.717, 1.165) is 22.3 Å². The summed E-state index contributed by atoms with van der Waals surface area (Å²) in [6.07, 6.45) is 1.81. The summed E-state index contributed by atoms with van der Waals surface area (Å²) in [4.78, 5) is 25.5. The van der Waals surface area contributed by atoms with Gasteiger partial charge in [0, 0.05) is 18.8 Å². The van der Waals surface area contributed by atoms with Gasteiger partial charge in [-0.15, -0.1) is 0 Å². The van der Waals surface area contributed by atoms with Gasteiger partial charge in [-0.3, -0.25) is 9.59 Å². The molecule has 1 atom stereocenters. The quantitative estimate of drug-likeness (QED) is 0.895. The van der Waals surface area contributed by atoms with E-state index >= 15 is 0 Å². The Kier molecular flexibility index (Phi) is 2.74. The van der Waals surface area contributed by atoms with E-state index in [1.54, 1.807) is 0 Å². The molecular formula is C16H15NO3. The minimum Gasteiger partial charge on any atom is -0.481 e. The molecule has 0 amide bonds. The van der Waals surface area contributed by atoms with Crippen LogP contribution in [0.1, 0.15) is 29.3 Å². The van der Waals surface area contributed by atoms with Gasteiger partial charge in [-0.2, -0.15) is 0 Å². The summed E-state index contributed by atoms with van der Waals surface area (Å²) in [5.41, 5.74) is 4.09. The number of aliphatic carboxylic acids is 1. The van der Waals surface area contributed by atoms with Gasteiger partial charge in [0.25, 0.3) is 0 Å². The molecule has 2 aliphatic rings. The van der Waals surface area contributed by atoms with Crippen molar-refractivity contribution in [2.75, 3.05) is 7.05 Å². The van der Waals surface area contributed by atoms with E-state index in [1.807, 2.05) is 49.3 Å². The van der Waals surface area contributed by atoms with Gasteiger partial charge >= 0.3 is 5.97 Å². The summed E-state index contributed by atoms with van der Waals surface area (Å²) in [5, 5.41) is 9.12. The van der Waals surface area contributed by atoms with Crippen molar-refractivity contribution in [3.8, 4) is 0 Å². The monoisotopic (exact) mass is 269 g/mol. The lowest BCUT2D eigenvalue weighted by atomic mass is 9.89. The first-order valence-electron chi connectivity index (χ1n) is 6.50. The Bertz CT molecular complexity index is 685. The van der Waals surface area contributed by atoms with E-state index < -0.39 is 5.97 Å². The second-order valence-electron chi connectivity index (χ2n) is 5.25. The van der Waals surface area contributed by atoms with Crippen LogP contribution in [0.25, 0.3) is 5.57 Å². The number of allylic oxidation sites excluding steroid dienone is 1. The predicted molar refractivity (Wildman–Crippen MR) is 75.3 cm³/mol. The largest absolute Gasteiger partial charge is 0.481 e. The molecule has 0 radical (unpaired) electrons. The second kappa shape index (κ2) is 4.34. The lowest BCUT2D eigenvalue weighted by Gasteiger charge is -2.30. The molecule has 1 aromatic carbocycles. The lowest BCUT2D eigenvalue weighted by Crippen LogP contribution is -2.35. The number of likely N-dealkylation sites (N-methyl/N-ethyl adjacent to an activating group) is 1. The number of Topliss-reactive ketones (excluding diaryl/α,β-unsaturated/α-hetero) is 1. The Labute approximate surface area is 117 Å². The van der Waals surface area contributed by atoms with Crippen LogP contribution in [-0.2, 0) is 4.79 Å². The van der Waals surface area contributed by atoms with Crippen LogP contribution in [0.2, 0.25) is 0 Å². The Balaban J connectivity index is 2.27. The van der Waals surface area contributed by atoms with Gasteiger partial charge in [-0.05, 0) is 29.2 Å². The molecule has 1 aliphatic heterocycles. The summed E-state index contributed by atoms with van der Waals surface area (Å²) < 4.78 is 0. The molecule has 3 rings (SSSR count). The number of hydrogen-bond donors (Lipinski definition) is 1. The van der Waals surface area contributed by atoms with E-state index in [2.05, 4.69) is 0 Å². The van der Waals surface area contributed by atoms with Crippen LogP contribution in [0.4, 0.5) is 0 Å². The minimum atomic E-state index is -0.875. The molecule has 1 N–H and O–H groups in total. The van der Waals surface area contributed by atoms with Crippen molar-refractivity contribution in [3.63, 3.8) is 0 Å². The fourth-order valence-electron chi connectivity index (χ4n) is 3.13. The predicted octanol–water partition coefficient (Wildman–Crippen LogP) is 2.33. The number of carboxylic acid groups (broad SMARTS) is 1. The number of fused-ring (bicyclic) bond motifs is 3. The maximum Gasteiger partial charge on any atom is 0.307 e. The fraction of sp³-hybridized carbons (Fsp3) is 0.250. The van der Waals surface area contributed by atoms with Crippen LogP contribution < -0.4 is 0 Å². The average molecular weight is 269 g/mol. The maximum atomic E-state index is 12.5. The van der Waals surface area contributed by atoms with E-state index in [9.17, 15) is 9.59 Å². The molecule has 4 heteroatoms. The van der Waals surface area contributed by atoms with Gasteiger partial charge in [0.15, 0.2) is 5.78 Å². The van der Waals surface area contributed by atoms with Gasteiger partial charge in [0.1, 0.15) is 6.04 Å². The van der Waals surface area contributed by atoms with Crippen LogP contribution in [0.15, 0.2) is 41.6 Å². The van der Waals surface area contributed by atoms with Gasteiger partial charge in [-0.25, -0.2) is 0 Å². The van der Waals surface area contributed by atoms with Gasteiger partial charge in [0.05, 0.1) is 6.42 Å². The van der Waals surface area contributed by atoms with Crippen molar-refractivity contribution in [2.45, 2.75) is 19.4 Å². The van der Waals surface area contributed by atoms with E-state index in [-0.39, 0.29) is 18.2 Å². The molecule has 0 bridgehead atoms. The third kappa shape index (κ3) is 1.68. The number of carbonyl (C=O) groups excluding carboxylic acids is 1. The number of hydrogen-bond acceptors (Lipinski definition) is 3. The number of carboxylic acids is 1. The Morgan fingerprint density at radius 2 is 1.95 bits per heavy atom. The number of rotatable bonds is 2. The van der Waals surface area contributed by atoms with Gasteiger partial charge in [-0.1, -0.05) is 24.3 Å². The SMILES string of the molecule is CC1=CN(C)C2C(=O)c3ccccc3C2=C1CC(=O)O. The first-order chi connectivity index (χ1) is 9.50. The molecule has 0 saturated carbocycles. The van der Waals surface area contributed by atoms with Crippen molar-refractivity contribution in [2.24, 2.45) is 0 Å². The Morgan fingerprint density at radius 1 is 1.30 bits per heavy atom. The molecule has 0 fully saturated rings. The maximum absolute atomic E-state index is 12.5. The number of nitrogens with zero attached hydrogens (tertiary/aromatic N) is 1. The van der Waals surface area contributed by atoms with Crippen molar-refractivity contribution in [1.29, 1.82) is 0 Å². The molecular weight excluding hydrogens is 254 g/mol. The minimum absolute atomic E-state index is 0.0461. The summed E-state index contributed by atoms with van der Waals surface area (Å²) in [7, 11) is 1.86. The standard InChI is InChI=1S/C16H15NO3/c1-9-8-17(2)15-14(12(9)7-13(18)19)10-5-3-4-6-11(10)16(15)20/h3-6,8,15H,7H2,1-2H3,(H,18,19). The second-order valence-corrected chi connectivity index (χ2v) is 5.25. The smallest absolute Gasteiger partial charge is 0.307 e. The molecule has 0 aromatic heterocycles. The van der Waals surface area contributed by atoms with Crippen molar-refractivity contribution >= 4 is 17.3 Å². The highest BCUT2D eigenvalue weighted by Gasteiger charge is 2.41. The summed E-state index contributed by atoms with van der Waals surface area (Å²) in [5.74, 6) is -0.829. The molecule has 20 heavy (non-hydrogen) atoms. The van der Waals surface area contributed by atoms with Crippen LogP contribution in [0.5, 0.6) is 0 Å². The number of benzene rings is 1. The molecule has 102 valence electrons. The highest BCUT2D eigenvalue weighted by Crippen LogP contribution is 2.42. The molecule has 0 saturated heterocycles. The first kappa shape index (κ1) is 12.7. The van der Waals surface area contributed by atoms with E-state index in [1.165, 1.54) is 0 Å². The molecule has 1 aromatic rings. The van der Waals surface area contributed by atoms with Crippen LogP contribution in [0.3, 0.4) is 0 Å². The molecule has 0 spiro atoms. The molecule has 1 aliphatic carbocycles. The van der Waals surface area contributed by atoms with Crippen LogP contribution >= 0.6 is 0 Å². The highest BCUT2D eigenvalue weighted by atomic mass is 16.4. The van der Waals surface area contributed by atoms with E-state index in [4.69, 9.17) is 5.11 Å². The Hall–Kier alpha value is -2.36. The zero-order valence-electron chi connectivity index (χ0n) is 11.4. The van der Waals surface area contributed by atoms with Crippen LogP contribution in [0, 0.1) is 0 Å². The number of ketones is 1. The third-order valence-corrected chi connectivity index (χ3v) is 3.94. The summed E-state index contributed by atoms with van der Waals surface area (Å²) in [6, 6.07) is 7.05. The number of carbonyl (C=O) groups is 2. The molecule has 1 unspecified atom stereocenters. The van der Waals surface area contributed by atoms with Crippen molar-refractivity contribution in [3.05, 3.63) is 52.7 Å².